The zero-order valence-electron chi connectivity index (χ0n) is 46.4. The van der Waals surface area contributed by atoms with Crippen molar-refractivity contribution in [3.63, 3.8) is 0 Å². The van der Waals surface area contributed by atoms with Crippen LogP contribution in [0.2, 0.25) is 0 Å². The summed E-state index contributed by atoms with van der Waals surface area (Å²) in [7, 11) is 0. The van der Waals surface area contributed by atoms with Crippen LogP contribution in [0.3, 0.4) is 0 Å². The van der Waals surface area contributed by atoms with Crippen molar-refractivity contribution in [2.24, 2.45) is 0 Å². The number of furan rings is 1. The number of anilines is 9. The molecule has 12 aromatic rings. The molecule has 0 atom stereocenters. The molecule has 14 rings (SSSR count). The van der Waals surface area contributed by atoms with Gasteiger partial charge in [-0.05, 0) is 178 Å². The maximum Gasteiger partial charge on any atom is 0.264 e. The number of aryl methyl sites for hydroxylation is 3. The highest BCUT2D eigenvalue weighted by Crippen LogP contribution is 2.52. The summed E-state index contributed by atoms with van der Waals surface area (Å²) in [5, 5.41) is 4.72. The summed E-state index contributed by atoms with van der Waals surface area (Å²) in [5.74, 6) is 0.874. The predicted octanol–water partition coefficient (Wildman–Crippen LogP) is 19.2. The maximum absolute atomic E-state index is 6.33. The van der Waals surface area contributed by atoms with E-state index in [1.807, 2.05) is 23.5 Å². The number of rotatable bonds is 7. The van der Waals surface area contributed by atoms with Gasteiger partial charge in [0, 0.05) is 65.5 Å². The van der Waals surface area contributed by atoms with Gasteiger partial charge in [-0.1, -0.05) is 163 Å². The molecule has 0 amide bonds. The van der Waals surface area contributed by atoms with Crippen LogP contribution in [0.25, 0.3) is 54.3 Å². The summed E-state index contributed by atoms with van der Waals surface area (Å²) in [6.07, 6.45) is 0. The van der Waals surface area contributed by atoms with E-state index in [4.69, 9.17) is 4.42 Å². The van der Waals surface area contributed by atoms with Crippen molar-refractivity contribution in [1.82, 2.24) is 0 Å². The smallest absolute Gasteiger partial charge is 0.264 e. The monoisotopic (exact) mass is 1040 g/mol. The molecule has 0 N–H and O–H groups in total. The molecule has 2 aliphatic rings. The standard InChI is InChI=1S/C73H62BN3OS/c1-45-37-63-68-64(38-45)77(69-46(2)19-18-20-47(69)3)62-44-57(75(55-24-14-11-15-25-55)56-32-29-49-39-52(28-27-50(49)40-56)66-41-51-23-16-17-26-65(51)78-66)33-34-60(62)74(68)71-70(59-43-54(73(7,8)9)31-36-67(59)79-71)76(63)61-35-30-53(72(4,5)6)42-58(61)48-21-12-10-13-22-48/h10-44H,1-9H3. The molecule has 2 aliphatic heterocycles. The molecule has 2 aromatic heterocycles. The quantitative estimate of drug-likeness (QED) is 0.148. The van der Waals surface area contributed by atoms with Gasteiger partial charge >= 0.3 is 0 Å². The van der Waals surface area contributed by atoms with Crippen molar-refractivity contribution in [3.05, 3.63) is 240 Å². The first-order valence-corrected chi connectivity index (χ1v) is 28.6. The molecule has 4 heterocycles. The van der Waals surface area contributed by atoms with E-state index in [0.29, 0.717) is 0 Å². The van der Waals surface area contributed by atoms with Gasteiger partial charge in [-0.3, -0.25) is 0 Å². The van der Waals surface area contributed by atoms with Crippen LogP contribution in [-0.2, 0) is 10.8 Å². The largest absolute Gasteiger partial charge is 0.456 e. The summed E-state index contributed by atoms with van der Waals surface area (Å²) < 4.78 is 9.00. The molecular formula is C73H62BN3OS. The molecule has 79 heavy (non-hydrogen) atoms. The first-order chi connectivity index (χ1) is 38.2. The average molecular weight is 1040 g/mol. The van der Waals surface area contributed by atoms with Crippen LogP contribution in [0.15, 0.2) is 217 Å². The van der Waals surface area contributed by atoms with Crippen LogP contribution in [0, 0.1) is 20.8 Å². The topological polar surface area (TPSA) is 22.9 Å². The Labute approximate surface area is 468 Å². The number of thiophene rings is 1. The Kier molecular flexibility index (Phi) is 11.3. The first kappa shape index (κ1) is 48.8. The first-order valence-electron chi connectivity index (χ1n) is 27.8. The molecule has 6 heteroatoms. The van der Waals surface area contributed by atoms with Crippen LogP contribution in [0.1, 0.15) is 69.4 Å². The molecule has 0 unspecified atom stereocenters. The van der Waals surface area contributed by atoms with E-state index in [2.05, 4.69) is 277 Å². The van der Waals surface area contributed by atoms with Crippen LogP contribution < -0.4 is 30.4 Å². The fraction of sp³-hybridized carbons (Fsp3) is 0.151. The van der Waals surface area contributed by atoms with Crippen molar-refractivity contribution < 1.29 is 4.42 Å². The molecule has 10 aromatic carbocycles. The van der Waals surface area contributed by atoms with Crippen molar-refractivity contribution in [2.75, 3.05) is 14.7 Å². The van der Waals surface area contributed by atoms with E-state index in [1.54, 1.807) is 0 Å². The number of fused-ring (bicyclic) bond motifs is 8. The Bertz CT molecular complexity index is 4350. The lowest BCUT2D eigenvalue weighted by Gasteiger charge is -2.44. The summed E-state index contributed by atoms with van der Waals surface area (Å²) >= 11 is 1.97. The molecule has 0 saturated carbocycles. The Morgan fingerprint density at radius 2 is 1.09 bits per heavy atom. The van der Waals surface area contributed by atoms with Crippen molar-refractivity contribution in [1.29, 1.82) is 0 Å². The van der Waals surface area contributed by atoms with Crippen molar-refractivity contribution >= 4 is 117 Å². The number of hydrogen-bond donors (Lipinski definition) is 0. The third kappa shape index (κ3) is 8.10. The summed E-state index contributed by atoms with van der Waals surface area (Å²) in [4.78, 5) is 7.71. The zero-order chi connectivity index (χ0) is 54.1. The normalized spacial score (nSPS) is 13.1. The zero-order valence-corrected chi connectivity index (χ0v) is 47.3. The van der Waals surface area contributed by atoms with E-state index in [1.165, 1.54) is 98.9 Å². The maximum atomic E-state index is 6.33. The number of nitrogens with zero attached hydrogens (tertiary/aromatic N) is 3. The fourth-order valence-corrected chi connectivity index (χ4v) is 13.9. The molecular weight excluding hydrogens is 978 g/mol. The van der Waals surface area contributed by atoms with Gasteiger partial charge in [-0.25, -0.2) is 0 Å². The van der Waals surface area contributed by atoms with Gasteiger partial charge in [0.2, 0.25) is 0 Å². The fourth-order valence-electron chi connectivity index (χ4n) is 12.6. The molecule has 384 valence electrons. The van der Waals surface area contributed by atoms with Gasteiger partial charge in [0.1, 0.15) is 11.3 Å². The van der Waals surface area contributed by atoms with E-state index in [0.717, 1.165) is 50.1 Å². The van der Waals surface area contributed by atoms with Crippen LogP contribution in [0.4, 0.5) is 51.2 Å². The Morgan fingerprint density at radius 3 is 1.82 bits per heavy atom. The van der Waals surface area contributed by atoms with Gasteiger partial charge in [0.05, 0.1) is 17.1 Å². The predicted molar refractivity (Wildman–Crippen MR) is 340 cm³/mol. The summed E-state index contributed by atoms with van der Waals surface area (Å²) in [6.45, 7) is 20.8. The molecule has 0 fully saturated rings. The molecule has 0 radical (unpaired) electrons. The van der Waals surface area contributed by atoms with Crippen molar-refractivity contribution in [2.45, 2.75) is 73.1 Å². The SMILES string of the molecule is Cc1cc2c3c(c1)N(c1ccc(C(C)(C)C)cc1-c1ccccc1)c1c(sc4ccc(C(C)(C)C)cc14)B3c1ccc(N(c3ccccc3)c3ccc4cc(-c5cc6ccccc6o5)ccc4c3)cc1N2c1c(C)cccc1C. The Balaban J connectivity index is 1.01. The van der Waals surface area contributed by atoms with Gasteiger partial charge < -0.3 is 19.1 Å². The van der Waals surface area contributed by atoms with Crippen LogP contribution >= 0.6 is 11.3 Å². The second kappa shape index (κ2) is 18.3. The highest BCUT2D eigenvalue weighted by Gasteiger charge is 2.46. The van der Waals surface area contributed by atoms with E-state index in [-0.39, 0.29) is 17.5 Å². The average Bonchev–Trinajstić information content (AvgIpc) is 3.70. The molecule has 0 spiro atoms. The Morgan fingerprint density at radius 1 is 0.456 bits per heavy atom. The Hall–Kier alpha value is -8.58. The van der Waals surface area contributed by atoms with E-state index >= 15 is 0 Å². The van der Waals surface area contributed by atoms with Crippen LogP contribution in [-0.4, -0.2) is 6.71 Å². The summed E-state index contributed by atoms with van der Waals surface area (Å²) in [5.41, 5.74) is 23.9. The lowest BCUT2D eigenvalue weighted by Crippen LogP contribution is -2.60. The van der Waals surface area contributed by atoms with Crippen molar-refractivity contribution in [3.8, 4) is 22.5 Å². The molecule has 0 saturated heterocycles. The van der Waals surface area contributed by atoms with E-state index in [9.17, 15) is 0 Å². The van der Waals surface area contributed by atoms with Gasteiger partial charge in [0.25, 0.3) is 6.71 Å². The third-order valence-corrected chi connectivity index (χ3v) is 17.8. The molecule has 4 nitrogen and oxygen atoms in total. The third-order valence-electron chi connectivity index (χ3n) is 16.6. The van der Waals surface area contributed by atoms with Gasteiger partial charge in [-0.15, -0.1) is 11.3 Å². The minimum atomic E-state index is -0.0437. The lowest BCUT2D eigenvalue weighted by molar-refractivity contribution is 0.590. The number of benzene rings is 10. The highest BCUT2D eigenvalue weighted by atomic mass is 32.1. The lowest BCUT2D eigenvalue weighted by atomic mass is 9.36. The number of hydrogen-bond acceptors (Lipinski definition) is 5. The minimum absolute atomic E-state index is 0.0401. The minimum Gasteiger partial charge on any atom is -0.456 e. The van der Waals surface area contributed by atoms with Gasteiger partial charge in [-0.2, -0.15) is 0 Å². The second-order valence-corrected chi connectivity index (χ2v) is 25.1. The molecule has 0 aliphatic carbocycles. The number of para-hydroxylation sites is 3. The highest BCUT2D eigenvalue weighted by molar-refractivity contribution is 7.33. The van der Waals surface area contributed by atoms with E-state index < -0.39 is 0 Å². The molecule has 0 bridgehead atoms. The summed E-state index contributed by atoms with van der Waals surface area (Å²) in [6, 6.07) is 79.3. The van der Waals surface area contributed by atoms with Gasteiger partial charge in [0.15, 0.2) is 0 Å². The second-order valence-electron chi connectivity index (χ2n) is 24.0. The van der Waals surface area contributed by atoms with Crippen LogP contribution in [0.5, 0.6) is 0 Å².